The number of benzene rings is 3. The minimum absolute atomic E-state index is 0.0587. The third-order valence-electron chi connectivity index (χ3n) is 6.44. The first-order valence-electron chi connectivity index (χ1n) is 12.9. The smallest absolute Gasteiger partial charge is 0.295 e. The van der Waals surface area contributed by atoms with Crippen molar-refractivity contribution in [2.75, 3.05) is 13.2 Å². The summed E-state index contributed by atoms with van der Waals surface area (Å²) in [7, 11) is 0. The van der Waals surface area contributed by atoms with Crippen molar-refractivity contribution in [3.05, 3.63) is 101 Å². The van der Waals surface area contributed by atoms with Gasteiger partial charge >= 0.3 is 0 Å². The quantitative estimate of drug-likeness (QED) is 0.138. The van der Waals surface area contributed by atoms with E-state index in [4.69, 9.17) is 9.47 Å². The molecule has 0 spiro atoms. The first-order valence-corrected chi connectivity index (χ1v) is 12.9. The van der Waals surface area contributed by atoms with Crippen LogP contribution in [0.1, 0.15) is 55.8 Å². The van der Waals surface area contributed by atoms with Gasteiger partial charge in [0.15, 0.2) is 11.5 Å². The van der Waals surface area contributed by atoms with Gasteiger partial charge in [-0.15, -0.1) is 0 Å². The fourth-order valence-electron chi connectivity index (χ4n) is 4.55. The second-order valence-electron chi connectivity index (χ2n) is 9.11. The Morgan fingerprint density at radius 2 is 1.66 bits per heavy atom. The number of halogens is 1. The molecule has 1 atom stereocenters. The molecule has 1 aliphatic rings. The molecule has 0 bridgehead atoms. The van der Waals surface area contributed by atoms with Crippen LogP contribution < -0.4 is 9.47 Å². The number of aliphatic hydroxyl groups excluding tert-OH is 1. The highest BCUT2D eigenvalue weighted by atomic mass is 19.1. The second-order valence-corrected chi connectivity index (χ2v) is 9.11. The summed E-state index contributed by atoms with van der Waals surface area (Å²) in [6, 6.07) is 18.9. The molecule has 4 rings (SSSR count). The zero-order valence-corrected chi connectivity index (χ0v) is 21.7. The largest absolute Gasteiger partial charge is 0.507 e. The van der Waals surface area contributed by atoms with Crippen molar-refractivity contribution in [3.63, 3.8) is 0 Å². The summed E-state index contributed by atoms with van der Waals surface area (Å²) < 4.78 is 25.4. The Labute approximate surface area is 222 Å². The molecule has 198 valence electrons. The molecule has 0 saturated carbocycles. The standard InChI is InChI=1S/C31H32FNO5/c1-3-5-9-18-38-25-17-14-23(19-26(25)37-4-2)28-27(29(34)22-12-15-24(32)16-13-22)30(35)31(36)33(28)20-21-10-7-6-8-11-21/h6-8,10-17,19,28,34H,3-5,9,18,20H2,1-2H3/b29-27+. The fourth-order valence-corrected chi connectivity index (χ4v) is 4.55. The second kappa shape index (κ2) is 12.4. The van der Waals surface area contributed by atoms with Gasteiger partial charge in [-0.3, -0.25) is 9.59 Å². The van der Waals surface area contributed by atoms with Crippen LogP contribution in [0.5, 0.6) is 11.5 Å². The number of hydrogen-bond donors (Lipinski definition) is 1. The molecular weight excluding hydrogens is 485 g/mol. The maximum Gasteiger partial charge on any atom is 0.295 e. The molecule has 1 aliphatic heterocycles. The number of amides is 1. The molecular formula is C31H32FNO5. The van der Waals surface area contributed by atoms with E-state index >= 15 is 0 Å². The van der Waals surface area contributed by atoms with Crippen LogP contribution in [0.4, 0.5) is 4.39 Å². The first-order chi connectivity index (χ1) is 18.4. The molecule has 0 aromatic heterocycles. The van der Waals surface area contributed by atoms with Crippen LogP contribution >= 0.6 is 0 Å². The Morgan fingerprint density at radius 1 is 0.921 bits per heavy atom. The highest BCUT2D eigenvalue weighted by Crippen LogP contribution is 2.42. The van der Waals surface area contributed by atoms with E-state index in [1.165, 1.54) is 29.2 Å². The van der Waals surface area contributed by atoms with E-state index in [-0.39, 0.29) is 23.4 Å². The van der Waals surface area contributed by atoms with E-state index in [0.717, 1.165) is 24.8 Å². The van der Waals surface area contributed by atoms with Crippen molar-refractivity contribution in [1.29, 1.82) is 0 Å². The van der Waals surface area contributed by atoms with Gasteiger partial charge in [-0.25, -0.2) is 4.39 Å². The van der Waals surface area contributed by atoms with E-state index < -0.39 is 23.5 Å². The predicted octanol–water partition coefficient (Wildman–Crippen LogP) is 6.42. The fraction of sp³-hybridized carbons (Fsp3) is 0.290. The number of carbonyl (C=O) groups is 2. The van der Waals surface area contributed by atoms with Crippen molar-refractivity contribution < 1.29 is 28.6 Å². The molecule has 1 heterocycles. The number of unbranched alkanes of at least 4 members (excludes halogenated alkanes) is 2. The predicted molar refractivity (Wildman–Crippen MR) is 143 cm³/mol. The van der Waals surface area contributed by atoms with E-state index in [1.807, 2.05) is 37.3 Å². The Balaban J connectivity index is 1.80. The summed E-state index contributed by atoms with van der Waals surface area (Å²) >= 11 is 0. The number of rotatable bonds is 11. The first kappa shape index (κ1) is 26.9. The number of carbonyl (C=O) groups excluding carboxylic acids is 2. The van der Waals surface area contributed by atoms with Crippen LogP contribution in [-0.2, 0) is 16.1 Å². The molecule has 0 radical (unpaired) electrons. The third kappa shape index (κ3) is 5.88. The van der Waals surface area contributed by atoms with Crippen LogP contribution in [0.15, 0.2) is 78.4 Å². The van der Waals surface area contributed by atoms with Gasteiger partial charge in [0, 0.05) is 12.1 Å². The van der Waals surface area contributed by atoms with Crippen molar-refractivity contribution in [2.24, 2.45) is 0 Å². The molecule has 3 aromatic carbocycles. The number of ether oxygens (including phenoxy) is 2. The highest BCUT2D eigenvalue weighted by molar-refractivity contribution is 6.46. The summed E-state index contributed by atoms with van der Waals surface area (Å²) in [4.78, 5) is 28.0. The maximum absolute atomic E-state index is 13.5. The summed E-state index contributed by atoms with van der Waals surface area (Å²) in [5, 5.41) is 11.2. The molecule has 1 N–H and O–H groups in total. The van der Waals surface area contributed by atoms with Gasteiger partial charge in [0.2, 0.25) is 0 Å². The number of hydrogen-bond acceptors (Lipinski definition) is 5. The average molecular weight is 518 g/mol. The van der Waals surface area contributed by atoms with Gasteiger partial charge in [-0.1, -0.05) is 56.2 Å². The zero-order valence-electron chi connectivity index (χ0n) is 21.7. The van der Waals surface area contributed by atoms with E-state index in [1.54, 1.807) is 18.2 Å². The minimum Gasteiger partial charge on any atom is -0.507 e. The average Bonchev–Trinajstić information content (AvgIpc) is 3.17. The lowest BCUT2D eigenvalue weighted by Crippen LogP contribution is -2.29. The lowest BCUT2D eigenvalue weighted by Gasteiger charge is -2.26. The number of ketones is 1. The molecule has 38 heavy (non-hydrogen) atoms. The lowest BCUT2D eigenvalue weighted by atomic mass is 9.94. The number of nitrogens with zero attached hydrogens (tertiary/aromatic N) is 1. The summed E-state index contributed by atoms with van der Waals surface area (Å²) in [6.45, 7) is 5.09. The maximum atomic E-state index is 13.5. The normalized spacial score (nSPS) is 16.6. The third-order valence-corrected chi connectivity index (χ3v) is 6.44. The van der Waals surface area contributed by atoms with E-state index in [9.17, 15) is 19.1 Å². The Hall–Kier alpha value is -4.13. The van der Waals surface area contributed by atoms with Gasteiger partial charge in [0.25, 0.3) is 11.7 Å². The van der Waals surface area contributed by atoms with Gasteiger partial charge in [-0.05, 0) is 60.9 Å². The number of Topliss-reactive ketones (excluding diaryl/α,β-unsaturated/α-hetero) is 1. The van der Waals surface area contributed by atoms with Crippen LogP contribution in [0, 0.1) is 5.82 Å². The van der Waals surface area contributed by atoms with Gasteiger partial charge in [0.1, 0.15) is 11.6 Å². The lowest BCUT2D eigenvalue weighted by molar-refractivity contribution is -0.140. The van der Waals surface area contributed by atoms with Crippen LogP contribution in [0.2, 0.25) is 0 Å². The van der Waals surface area contributed by atoms with Crippen molar-refractivity contribution in [1.82, 2.24) is 4.90 Å². The molecule has 7 heteroatoms. The molecule has 1 saturated heterocycles. The molecule has 1 fully saturated rings. The molecule has 1 amide bonds. The van der Waals surface area contributed by atoms with Crippen molar-refractivity contribution in [2.45, 2.75) is 45.7 Å². The molecule has 0 aliphatic carbocycles. The Morgan fingerprint density at radius 3 is 2.34 bits per heavy atom. The minimum atomic E-state index is -0.881. The van der Waals surface area contributed by atoms with Gasteiger partial charge in [-0.2, -0.15) is 0 Å². The topological polar surface area (TPSA) is 76.1 Å². The van der Waals surface area contributed by atoms with Crippen LogP contribution in [0.25, 0.3) is 5.76 Å². The van der Waals surface area contributed by atoms with Gasteiger partial charge < -0.3 is 19.5 Å². The van der Waals surface area contributed by atoms with E-state index in [0.29, 0.717) is 30.3 Å². The van der Waals surface area contributed by atoms with Crippen LogP contribution in [-0.4, -0.2) is 34.9 Å². The summed E-state index contributed by atoms with van der Waals surface area (Å²) in [6.07, 6.45) is 3.05. The molecule has 6 nitrogen and oxygen atoms in total. The van der Waals surface area contributed by atoms with Crippen molar-refractivity contribution in [3.8, 4) is 11.5 Å². The molecule has 1 unspecified atom stereocenters. The van der Waals surface area contributed by atoms with Crippen molar-refractivity contribution >= 4 is 17.4 Å². The summed E-state index contributed by atoms with van der Waals surface area (Å²) in [5.74, 6) is -1.29. The Bertz CT molecular complexity index is 1300. The summed E-state index contributed by atoms with van der Waals surface area (Å²) in [5.41, 5.74) is 1.61. The highest BCUT2D eigenvalue weighted by Gasteiger charge is 2.46. The monoisotopic (exact) mass is 517 g/mol. The molecule has 3 aromatic rings. The van der Waals surface area contributed by atoms with Gasteiger partial charge in [0.05, 0.1) is 24.8 Å². The Kier molecular flexibility index (Phi) is 8.79. The number of aliphatic hydroxyl groups is 1. The SMILES string of the molecule is CCCCCOc1ccc(C2/C(=C(\O)c3ccc(F)cc3)C(=O)C(=O)N2Cc2ccccc2)cc1OCC. The van der Waals surface area contributed by atoms with E-state index in [2.05, 4.69) is 6.92 Å². The zero-order chi connectivity index (χ0) is 27.1. The number of likely N-dealkylation sites (tertiary alicyclic amines) is 1. The van der Waals surface area contributed by atoms with Crippen LogP contribution in [0.3, 0.4) is 0 Å².